The Morgan fingerprint density at radius 3 is 1.50 bits per heavy atom. The van der Waals surface area contributed by atoms with E-state index in [4.69, 9.17) is 5.73 Å². The minimum atomic E-state index is 0.333. The van der Waals surface area contributed by atoms with Gasteiger partial charge >= 0.3 is 0 Å². The first-order chi connectivity index (χ1) is 1.73. The molecule has 2 N–H and O–H groups in total. The number of rotatable bonds is 0. The maximum Gasteiger partial charge on any atom is -0.00179 e. The summed E-state index contributed by atoms with van der Waals surface area (Å²) in [6, 6.07) is 0.333. The van der Waals surface area contributed by atoms with Crippen LogP contribution in [0.3, 0.4) is 0 Å². The lowest BCUT2D eigenvalue weighted by molar-refractivity contribution is 0.834. The van der Waals surface area contributed by atoms with Crippen molar-refractivity contribution in [2.45, 2.75) is 19.9 Å². The van der Waals surface area contributed by atoms with E-state index in [1.54, 1.807) is 0 Å². The van der Waals surface area contributed by atoms with Crippen LogP contribution in [0.5, 0.6) is 0 Å². The highest BCUT2D eigenvalue weighted by Crippen LogP contribution is 1.58. The fourth-order valence-corrected chi connectivity index (χ4v) is 0. The van der Waals surface area contributed by atoms with Crippen molar-refractivity contribution in [1.29, 1.82) is 0 Å². The van der Waals surface area contributed by atoms with Gasteiger partial charge in [0.1, 0.15) is 0 Å². The van der Waals surface area contributed by atoms with E-state index in [1.165, 1.54) is 0 Å². The fourth-order valence-electron chi connectivity index (χ4n) is 0. The molecule has 0 aliphatic rings. The van der Waals surface area contributed by atoms with E-state index < -0.39 is 0 Å². The smallest absolute Gasteiger partial charge is 0.00179 e. The van der Waals surface area contributed by atoms with Crippen molar-refractivity contribution in [1.82, 2.24) is 0 Å². The van der Waals surface area contributed by atoms with E-state index >= 15 is 0 Å². The Hall–Kier alpha value is -0.0400. The van der Waals surface area contributed by atoms with Crippen LogP contribution < -0.4 is 5.73 Å². The average molecular weight is 62.1 g/mol. The second-order valence-corrected chi connectivity index (χ2v) is 1.24. The monoisotopic (exact) mass is 62.1 g/mol. The van der Waals surface area contributed by atoms with E-state index in [0.717, 1.165) is 0 Å². The second kappa shape index (κ2) is 1.30. The maximum absolute atomic E-state index is 5.11. The molecule has 1 heteroatoms. The molecular weight excluding hydrogens is 53.0 g/mol. The summed E-state index contributed by atoms with van der Waals surface area (Å²) in [4.78, 5) is 0. The van der Waals surface area contributed by atoms with Gasteiger partial charge in [-0.1, -0.05) is 13.8 Å². The average Bonchev–Trinajstić information content (AvgIpc) is 0.811. The standard InChI is InChI=1S/C3H9N/c1-3(2)4/h3H,4H2,1-2H3/i1+1,2+1,3+1. The van der Waals surface area contributed by atoms with Crippen molar-refractivity contribution >= 4 is 0 Å². The predicted molar refractivity (Wildman–Crippen MR) is 19.3 cm³/mol. The number of hydrogen-bond donors (Lipinski definition) is 1. The highest BCUT2D eigenvalue weighted by Gasteiger charge is 1.67. The zero-order chi connectivity index (χ0) is 3.58. The normalized spacial score (nSPS) is 9.00. The topological polar surface area (TPSA) is 26.0 Å². The van der Waals surface area contributed by atoms with Gasteiger partial charge in [-0.05, 0) is 6.04 Å². The van der Waals surface area contributed by atoms with E-state index in [1.807, 2.05) is 13.8 Å². The van der Waals surface area contributed by atoms with Gasteiger partial charge in [0.2, 0.25) is 0 Å². The van der Waals surface area contributed by atoms with Crippen molar-refractivity contribution in [2.75, 3.05) is 0 Å². The molecule has 0 unspecified atom stereocenters. The Morgan fingerprint density at radius 1 is 1.50 bits per heavy atom. The van der Waals surface area contributed by atoms with Crippen LogP contribution in [0, 0.1) is 0 Å². The Morgan fingerprint density at radius 2 is 1.50 bits per heavy atom. The Kier molecular flexibility index (Phi) is 1.28. The van der Waals surface area contributed by atoms with Gasteiger partial charge in [-0.2, -0.15) is 0 Å². The third-order valence-corrected chi connectivity index (χ3v) is 0. The van der Waals surface area contributed by atoms with Gasteiger partial charge in [-0.15, -0.1) is 0 Å². The molecule has 1 nitrogen and oxygen atoms in total. The summed E-state index contributed by atoms with van der Waals surface area (Å²) < 4.78 is 0. The van der Waals surface area contributed by atoms with Gasteiger partial charge in [0.15, 0.2) is 0 Å². The molecule has 0 atom stereocenters. The molecule has 0 aromatic carbocycles. The van der Waals surface area contributed by atoms with E-state index in [-0.39, 0.29) is 0 Å². The van der Waals surface area contributed by atoms with Crippen LogP contribution in [0.1, 0.15) is 13.8 Å². The van der Waals surface area contributed by atoms with Crippen LogP contribution in [0.15, 0.2) is 0 Å². The van der Waals surface area contributed by atoms with Crippen LogP contribution >= 0.6 is 0 Å². The number of nitrogens with two attached hydrogens (primary N) is 1. The molecule has 0 bridgehead atoms. The van der Waals surface area contributed by atoms with Gasteiger partial charge < -0.3 is 5.73 Å². The lowest BCUT2D eigenvalue weighted by Gasteiger charge is -1.81. The summed E-state index contributed by atoms with van der Waals surface area (Å²) in [5.74, 6) is 0. The van der Waals surface area contributed by atoms with Gasteiger partial charge in [0.05, 0.1) is 0 Å². The highest BCUT2D eigenvalue weighted by molar-refractivity contribution is 4.32. The summed E-state index contributed by atoms with van der Waals surface area (Å²) in [6.45, 7) is 3.89. The van der Waals surface area contributed by atoms with Crippen molar-refractivity contribution in [3.05, 3.63) is 0 Å². The molecule has 0 spiro atoms. The summed E-state index contributed by atoms with van der Waals surface area (Å²) in [6.07, 6.45) is 0. The largest absolute Gasteiger partial charge is 0.328 e. The molecule has 0 amide bonds. The SMILES string of the molecule is [13CH3][13CH]([13CH3])N. The van der Waals surface area contributed by atoms with Crippen LogP contribution in [-0.2, 0) is 0 Å². The minimum absolute atomic E-state index is 0.333. The van der Waals surface area contributed by atoms with Crippen LogP contribution in [0.25, 0.3) is 0 Å². The third-order valence-electron chi connectivity index (χ3n) is 0. The first-order valence-electron chi connectivity index (χ1n) is 1.49. The lowest BCUT2D eigenvalue weighted by Crippen LogP contribution is -2.06. The Labute approximate surface area is 26.8 Å². The number of hydrogen-bond acceptors (Lipinski definition) is 1. The van der Waals surface area contributed by atoms with E-state index in [0.29, 0.717) is 6.04 Å². The predicted octanol–water partition coefficient (Wildman–Crippen LogP) is 0.354. The highest BCUT2D eigenvalue weighted by atomic mass is 15.0. The molecule has 26 valence electrons. The minimum Gasteiger partial charge on any atom is -0.328 e. The zero-order valence-electron chi connectivity index (χ0n) is 3.15. The summed E-state index contributed by atoms with van der Waals surface area (Å²) in [5.41, 5.74) is 5.11. The molecule has 0 aromatic heterocycles. The van der Waals surface area contributed by atoms with Crippen molar-refractivity contribution in [3.63, 3.8) is 0 Å². The molecule has 0 saturated carbocycles. The van der Waals surface area contributed by atoms with Crippen molar-refractivity contribution in [2.24, 2.45) is 5.73 Å². The van der Waals surface area contributed by atoms with Crippen LogP contribution in [0.2, 0.25) is 0 Å². The van der Waals surface area contributed by atoms with E-state index in [9.17, 15) is 0 Å². The molecule has 0 aliphatic heterocycles. The molecule has 0 aliphatic carbocycles. The maximum atomic E-state index is 5.11. The van der Waals surface area contributed by atoms with Crippen molar-refractivity contribution < 1.29 is 0 Å². The molecule has 0 saturated heterocycles. The Bertz CT molecular complexity index is 8.00. The third kappa shape index (κ3) is 1130. The summed E-state index contributed by atoms with van der Waals surface area (Å²) in [5, 5.41) is 0. The zero-order valence-corrected chi connectivity index (χ0v) is 3.15. The molecular formula is C3H9N. The van der Waals surface area contributed by atoms with Gasteiger partial charge in [-0.25, -0.2) is 0 Å². The van der Waals surface area contributed by atoms with Crippen LogP contribution in [-0.4, -0.2) is 6.04 Å². The molecule has 0 radical (unpaired) electrons. The molecule has 0 heterocycles. The van der Waals surface area contributed by atoms with Crippen LogP contribution in [0.4, 0.5) is 0 Å². The fraction of sp³-hybridized carbons (Fsp3) is 1.00. The molecule has 0 fully saturated rings. The second-order valence-electron chi connectivity index (χ2n) is 1.24. The molecule has 0 rings (SSSR count). The van der Waals surface area contributed by atoms with Gasteiger partial charge in [0, 0.05) is 0 Å². The Balaban J connectivity index is 2.32. The molecule has 0 aromatic rings. The first kappa shape index (κ1) is 3.96. The molecule has 4 heavy (non-hydrogen) atoms. The summed E-state index contributed by atoms with van der Waals surface area (Å²) in [7, 11) is 0. The quantitative estimate of drug-likeness (QED) is 0.403. The van der Waals surface area contributed by atoms with E-state index in [2.05, 4.69) is 0 Å². The first-order valence-corrected chi connectivity index (χ1v) is 1.49. The van der Waals surface area contributed by atoms with Gasteiger partial charge in [0.25, 0.3) is 0 Å². The van der Waals surface area contributed by atoms with Crippen molar-refractivity contribution in [3.8, 4) is 0 Å². The summed E-state index contributed by atoms with van der Waals surface area (Å²) >= 11 is 0. The lowest BCUT2D eigenvalue weighted by atomic mass is 11.4. The van der Waals surface area contributed by atoms with Gasteiger partial charge in [-0.3, -0.25) is 0 Å².